The first-order valence-electron chi connectivity index (χ1n) is 4.69. The van der Waals surface area contributed by atoms with Crippen molar-refractivity contribution in [3.63, 3.8) is 0 Å². The van der Waals surface area contributed by atoms with Crippen molar-refractivity contribution >= 4 is 31.9 Å². The number of hydrogen-bond donors (Lipinski definition) is 3. The summed E-state index contributed by atoms with van der Waals surface area (Å²) in [4.78, 5) is 0. The zero-order valence-corrected chi connectivity index (χ0v) is 11.4. The molecule has 0 unspecified atom stereocenters. The summed E-state index contributed by atoms with van der Waals surface area (Å²) in [6, 6.07) is 3.44. The van der Waals surface area contributed by atoms with Crippen LogP contribution in [0.2, 0.25) is 0 Å². The largest absolute Gasteiger partial charge is 0.506 e. The van der Waals surface area contributed by atoms with Gasteiger partial charge in [0.25, 0.3) is 0 Å². The van der Waals surface area contributed by atoms with E-state index < -0.39 is 0 Å². The third kappa shape index (κ3) is 3.45. The Morgan fingerprint density at radius 2 is 2.00 bits per heavy atom. The predicted molar refractivity (Wildman–Crippen MR) is 68.7 cm³/mol. The van der Waals surface area contributed by atoms with E-state index in [1.807, 2.05) is 6.07 Å². The van der Waals surface area contributed by atoms with Crippen LogP contribution < -0.4 is 11.5 Å². The van der Waals surface area contributed by atoms with Crippen LogP contribution >= 0.6 is 31.9 Å². The van der Waals surface area contributed by atoms with Gasteiger partial charge in [-0.2, -0.15) is 0 Å². The Balaban J connectivity index is 2.92. The molecule has 0 saturated heterocycles. The molecule has 0 heterocycles. The fourth-order valence-corrected chi connectivity index (χ4v) is 2.62. The molecule has 0 amide bonds. The lowest BCUT2D eigenvalue weighted by Gasteiger charge is -2.14. The molecule has 0 aliphatic carbocycles. The summed E-state index contributed by atoms with van der Waals surface area (Å²) >= 11 is 6.64. The van der Waals surface area contributed by atoms with Gasteiger partial charge in [0.05, 0.1) is 4.47 Å². The molecule has 0 spiro atoms. The molecule has 1 atom stereocenters. The van der Waals surface area contributed by atoms with Gasteiger partial charge < -0.3 is 16.6 Å². The number of aromatic hydroxyl groups is 1. The highest BCUT2D eigenvalue weighted by Crippen LogP contribution is 2.35. The van der Waals surface area contributed by atoms with Crippen LogP contribution in [0.5, 0.6) is 5.75 Å². The molecule has 0 aromatic heterocycles. The van der Waals surface area contributed by atoms with Gasteiger partial charge in [0.2, 0.25) is 0 Å². The average Bonchev–Trinajstić information content (AvgIpc) is 2.19. The number of hydrogen-bond acceptors (Lipinski definition) is 3. The summed E-state index contributed by atoms with van der Waals surface area (Å²) in [5.74, 6) is 0.211. The summed E-state index contributed by atoms with van der Waals surface area (Å²) in [5.41, 5.74) is 12.1. The Bertz CT molecular complexity index is 344. The SMILES string of the molecule is NCCC[C@@H](N)c1cc(Br)cc(Br)c1O. The maximum Gasteiger partial charge on any atom is 0.134 e. The zero-order chi connectivity index (χ0) is 11.4. The molecule has 1 rings (SSSR count). The van der Waals surface area contributed by atoms with Gasteiger partial charge in [-0.05, 0) is 47.4 Å². The van der Waals surface area contributed by atoms with E-state index in [1.54, 1.807) is 6.07 Å². The van der Waals surface area contributed by atoms with Crippen LogP contribution in [0.3, 0.4) is 0 Å². The van der Waals surface area contributed by atoms with Crippen LogP contribution in [-0.4, -0.2) is 11.7 Å². The van der Waals surface area contributed by atoms with Gasteiger partial charge in [0.15, 0.2) is 0 Å². The van der Waals surface area contributed by atoms with E-state index in [9.17, 15) is 5.11 Å². The number of halogens is 2. The minimum absolute atomic E-state index is 0.178. The van der Waals surface area contributed by atoms with E-state index in [0.29, 0.717) is 11.0 Å². The van der Waals surface area contributed by atoms with Gasteiger partial charge in [0.1, 0.15) is 5.75 Å². The average molecular weight is 338 g/mol. The number of benzene rings is 1. The molecule has 0 bridgehead atoms. The Hall–Kier alpha value is -0.100. The molecular weight excluding hydrogens is 324 g/mol. The summed E-state index contributed by atoms with van der Waals surface area (Å²) < 4.78 is 1.54. The van der Waals surface area contributed by atoms with Crippen molar-refractivity contribution in [2.75, 3.05) is 6.54 Å². The second-order valence-electron chi connectivity index (χ2n) is 3.36. The first kappa shape index (κ1) is 13.0. The number of nitrogens with two attached hydrogens (primary N) is 2. The normalized spacial score (nSPS) is 12.8. The maximum absolute atomic E-state index is 9.81. The fourth-order valence-electron chi connectivity index (χ4n) is 1.36. The highest BCUT2D eigenvalue weighted by molar-refractivity contribution is 9.11. The topological polar surface area (TPSA) is 72.3 Å². The Morgan fingerprint density at radius 3 is 2.60 bits per heavy atom. The minimum Gasteiger partial charge on any atom is -0.506 e. The number of phenols is 1. The first-order chi connectivity index (χ1) is 7.06. The van der Waals surface area contributed by atoms with Crippen molar-refractivity contribution in [1.82, 2.24) is 0 Å². The molecule has 0 saturated carbocycles. The second kappa shape index (κ2) is 5.84. The van der Waals surface area contributed by atoms with E-state index in [0.717, 1.165) is 22.9 Å². The lowest BCUT2D eigenvalue weighted by molar-refractivity contribution is 0.454. The summed E-state index contributed by atoms with van der Waals surface area (Å²) in [6.07, 6.45) is 1.62. The van der Waals surface area contributed by atoms with E-state index in [1.165, 1.54) is 0 Å². The molecule has 0 aliphatic heterocycles. The Kier molecular flexibility index (Phi) is 5.05. The second-order valence-corrected chi connectivity index (χ2v) is 5.13. The molecule has 15 heavy (non-hydrogen) atoms. The number of rotatable bonds is 4. The van der Waals surface area contributed by atoms with Crippen LogP contribution in [0.15, 0.2) is 21.1 Å². The highest BCUT2D eigenvalue weighted by Gasteiger charge is 2.13. The van der Waals surface area contributed by atoms with E-state index in [-0.39, 0.29) is 11.8 Å². The van der Waals surface area contributed by atoms with Gasteiger partial charge in [-0.25, -0.2) is 0 Å². The lowest BCUT2D eigenvalue weighted by Crippen LogP contribution is -2.12. The number of phenolic OH excluding ortho intramolecular Hbond substituents is 1. The molecule has 1 aromatic carbocycles. The van der Waals surface area contributed by atoms with Crippen molar-refractivity contribution in [3.8, 4) is 5.75 Å². The van der Waals surface area contributed by atoms with Crippen LogP contribution in [0, 0.1) is 0 Å². The minimum atomic E-state index is -0.178. The van der Waals surface area contributed by atoms with E-state index >= 15 is 0 Å². The molecule has 1 aromatic rings. The first-order valence-corrected chi connectivity index (χ1v) is 6.28. The molecule has 0 radical (unpaired) electrons. The van der Waals surface area contributed by atoms with Crippen LogP contribution in [0.4, 0.5) is 0 Å². The standard InChI is InChI=1S/C10H14Br2N2O/c11-6-4-7(9(14)2-1-3-13)10(15)8(12)5-6/h4-5,9,15H,1-3,13-14H2/t9-/m1/s1. The maximum atomic E-state index is 9.81. The van der Waals surface area contributed by atoms with Crippen LogP contribution in [0.1, 0.15) is 24.4 Å². The summed E-state index contributed by atoms with van der Waals surface area (Å²) in [7, 11) is 0. The van der Waals surface area contributed by atoms with Crippen LogP contribution in [-0.2, 0) is 0 Å². The van der Waals surface area contributed by atoms with Gasteiger partial charge in [-0.3, -0.25) is 0 Å². The summed E-state index contributed by atoms with van der Waals surface area (Å²) in [6.45, 7) is 0.615. The molecule has 5 heteroatoms. The molecule has 84 valence electrons. The van der Waals surface area contributed by atoms with Gasteiger partial charge in [-0.1, -0.05) is 15.9 Å². The zero-order valence-electron chi connectivity index (χ0n) is 8.21. The molecule has 5 N–H and O–H groups in total. The van der Waals surface area contributed by atoms with Crippen molar-refractivity contribution in [1.29, 1.82) is 0 Å². The van der Waals surface area contributed by atoms with Crippen LogP contribution in [0.25, 0.3) is 0 Å². The van der Waals surface area contributed by atoms with Crippen molar-refractivity contribution in [3.05, 3.63) is 26.6 Å². The van der Waals surface area contributed by atoms with Gasteiger partial charge in [0, 0.05) is 16.1 Å². The van der Waals surface area contributed by atoms with Crippen molar-refractivity contribution in [2.24, 2.45) is 11.5 Å². The Labute approximate surface area is 106 Å². The van der Waals surface area contributed by atoms with Gasteiger partial charge >= 0.3 is 0 Å². The lowest BCUT2D eigenvalue weighted by atomic mass is 10.0. The summed E-state index contributed by atoms with van der Waals surface area (Å²) in [5, 5.41) is 9.81. The van der Waals surface area contributed by atoms with Gasteiger partial charge in [-0.15, -0.1) is 0 Å². The smallest absolute Gasteiger partial charge is 0.134 e. The van der Waals surface area contributed by atoms with E-state index in [4.69, 9.17) is 11.5 Å². The van der Waals surface area contributed by atoms with Crippen molar-refractivity contribution in [2.45, 2.75) is 18.9 Å². The predicted octanol–water partition coefficient (Wildman–Crippen LogP) is 2.66. The third-order valence-corrected chi connectivity index (χ3v) is 3.24. The fraction of sp³-hybridized carbons (Fsp3) is 0.400. The molecular formula is C10H14Br2N2O. The monoisotopic (exact) mass is 336 g/mol. The molecule has 0 aliphatic rings. The Morgan fingerprint density at radius 1 is 1.33 bits per heavy atom. The molecule has 0 fully saturated rings. The molecule has 3 nitrogen and oxygen atoms in total. The van der Waals surface area contributed by atoms with Crippen molar-refractivity contribution < 1.29 is 5.11 Å². The highest BCUT2D eigenvalue weighted by atomic mass is 79.9. The van der Waals surface area contributed by atoms with E-state index in [2.05, 4.69) is 31.9 Å². The third-order valence-electron chi connectivity index (χ3n) is 2.18. The quantitative estimate of drug-likeness (QED) is 0.790.